The molecule has 174 valence electrons. The molecule has 3 aromatic carbocycles. The first-order chi connectivity index (χ1) is 16.3. The second kappa shape index (κ2) is 11.0. The first kappa shape index (κ1) is 24.3. The fourth-order valence-electron chi connectivity index (χ4n) is 2.87. The topological polar surface area (TPSA) is 146 Å². The quantitative estimate of drug-likeness (QED) is 0.242. The standard InChI is InChI=1S/C22H17BrN4O7/c1-33-20-11-15(12-24-25-22(28)17-4-2-3-5-19(17)27(31)32)10-18(23)21(20)34-13-14-6-8-16(9-7-14)26(29)30/h2-12H,13H2,1H3,(H,25,28)/b24-12-. The fourth-order valence-corrected chi connectivity index (χ4v) is 3.45. The molecule has 1 amide bonds. The summed E-state index contributed by atoms with van der Waals surface area (Å²) < 4.78 is 11.7. The number of amides is 1. The van der Waals surface area contributed by atoms with E-state index in [-0.39, 0.29) is 23.5 Å². The van der Waals surface area contributed by atoms with Crippen LogP contribution in [0.4, 0.5) is 11.4 Å². The molecule has 0 aliphatic rings. The highest BCUT2D eigenvalue weighted by molar-refractivity contribution is 9.10. The summed E-state index contributed by atoms with van der Waals surface area (Å²) in [6, 6.07) is 14.8. The minimum atomic E-state index is -0.724. The third kappa shape index (κ3) is 5.92. The summed E-state index contributed by atoms with van der Waals surface area (Å²) in [7, 11) is 1.46. The van der Waals surface area contributed by atoms with Gasteiger partial charge in [0, 0.05) is 18.2 Å². The molecule has 3 rings (SSSR count). The third-order valence-electron chi connectivity index (χ3n) is 4.51. The third-order valence-corrected chi connectivity index (χ3v) is 5.10. The van der Waals surface area contributed by atoms with Gasteiger partial charge in [0.1, 0.15) is 12.2 Å². The lowest BCUT2D eigenvalue weighted by molar-refractivity contribution is -0.385. The van der Waals surface area contributed by atoms with Gasteiger partial charge in [-0.05, 0) is 57.4 Å². The van der Waals surface area contributed by atoms with Gasteiger partial charge >= 0.3 is 0 Å². The second-order valence-electron chi connectivity index (χ2n) is 6.72. The molecule has 0 aliphatic heterocycles. The number of ether oxygens (including phenoxy) is 2. The average Bonchev–Trinajstić information content (AvgIpc) is 2.83. The molecule has 0 radical (unpaired) electrons. The number of non-ortho nitro benzene ring substituents is 1. The molecule has 0 spiro atoms. The van der Waals surface area contributed by atoms with Gasteiger partial charge in [0.15, 0.2) is 11.5 Å². The Kier molecular flexibility index (Phi) is 7.88. The zero-order valence-corrected chi connectivity index (χ0v) is 19.2. The average molecular weight is 529 g/mol. The fraction of sp³-hybridized carbons (Fsp3) is 0.0909. The van der Waals surface area contributed by atoms with E-state index in [1.807, 2.05) is 0 Å². The number of para-hydroxylation sites is 1. The van der Waals surface area contributed by atoms with Crippen LogP contribution in [0.25, 0.3) is 0 Å². The number of carbonyl (C=O) groups excluding carboxylic acids is 1. The van der Waals surface area contributed by atoms with Gasteiger partial charge in [-0.25, -0.2) is 5.43 Å². The number of nitrogens with one attached hydrogen (secondary N) is 1. The Balaban J connectivity index is 1.70. The molecule has 0 saturated heterocycles. The minimum absolute atomic E-state index is 0.0138. The number of halogens is 1. The lowest BCUT2D eigenvalue weighted by Crippen LogP contribution is -2.18. The van der Waals surface area contributed by atoms with Crippen LogP contribution in [0.1, 0.15) is 21.5 Å². The van der Waals surface area contributed by atoms with E-state index in [9.17, 15) is 25.0 Å². The van der Waals surface area contributed by atoms with Crippen molar-refractivity contribution in [2.75, 3.05) is 7.11 Å². The molecule has 0 atom stereocenters. The van der Waals surface area contributed by atoms with Crippen molar-refractivity contribution in [1.82, 2.24) is 5.43 Å². The Morgan fingerprint density at radius 3 is 2.44 bits per heavy atom. The van der Waals surface area contributed by atoms with Crippen LogP contribution in [-0.4, -0.2) is 29.1 Å². The van der Waals surface area contributed by atoms with Crippen molar-refractivity contribution in [2.24, 2.45) is 5.10 Å². The van der Waals surface area contributed by atoms with Crippen LogP contribution >= 0.6 is 15.9 Å². The molecule has 0 unspecified atom stereocenters. The molecule has 1 N–H and O–H groups in total. The normalized spacial score (nSPS) is 10.6. The van der Waals surface area contributed by atoms with Gasteiger partial charge in [-0.2, -0.15) is 5.10 Å². The zero-order valence-electron chi connectivity index (χ0n) is 17.6. The van der Waals surface area contributed by atoms with Crippen LogP contribution in [-0.2, 0) is 6.61 Å². The lowest BCUT2D eigenvalue weighted by Gasteiger charge is -2.13. The van der Waals surface area contributed by atoms with Gasteiger partial charge in [-0.15, -0.1) is 0 Å². The summed E-state index contributed by atoms with van der Waals surface area (Å²) in [6.45, 7) is 0.145. The molecule has 0 heterocycles. The van der Waals surface area contributed by atoms with E-state index < -0.39 is 15.8 Å². The molecule has 0 saturated carbocycles. The Morgan fingerprint density at radius 1 is 1.09 bits per heavy atom. The first-order valence-electron chi connectivity index (χ1n) is 9.60. The number of methoxy groups -OCH3 is 1. The van der Waals surface area contributed by atoms with E-state index >= 15 is 0 Å². The van der Waals surface area contributed by atoms with Gasteiger partial charge < -0.3 is 9.47 Å². The maximum Gasteiger partial charge on any atom is 0.282 e. The molecule has 12 heteroatoms. The summed E-state index contributed by atoms with van der Waals surface area (Å²) in [6.07, 6.45) is 1.35. The summed E-state index contributed by atoms with van der Waals surface area (Å²) in [5, 5.41) is 25.7. The van der Waals surface area contributed by atoms with Gasteiger partial charge in [0.05, 0.1) is 27.6 Å². The van der Waals surface area contributed by atoms with E-state index in [1.165, 1.54) is 49.7 Å². The van der Waals surface area contributed by atoms with Crippen LogP contribution in [0, 0.1) is 20.2 Å². The Labute approximate surface area is 201 Å². The van der Waals surface area contributed by atoms with Crippen LogP contribution < -0.4 is 14.9 Å². The van der Waals surface area contributed by atoms with Crippen LogP contribution in [0.5, 0.6) is 11.5 Å². The van der Waals surface area contributed by atoms with Crippen molar-refractivity contribution < 1.29 is 24.1 Å². The number of benzene rings is 3. The number of nitrogens with zero attached hydrogens (tertiary/aromatic N) is 3. The number of nitro groups is 2. The molecule has 34 heavy (non-hydrogen) atoms. The Morgan fingerprint density at radius 2 is 1.79 bits per heavy atom. The number of hydrogen-bond acceptors (Lipinski definition) is 8. The highest BCUT2D eigenvalue weighted by Crippen LogP contribution is 2.37. The number of hydrazone groups is 1. The number of hydrogen-bond donors (Lipinski definition) is 1. The zero-order chi connectivity index (χ0) is 24.7. The predicted molar refractivity (Wildman–Crippen MR) is 126 cm³/mol. The van der Waals surface area contributed by atoms with Crippen molar-refractivity contribution in [1.29, 1.82) is 0 Å². The highest BCUT2D eigenvalue weighted by atomic mass is 79.9. The number of nitro benzene ring substituents is 2. The second-order valence-corrected chi connectivity index (χ2v) is 7.57. The largest absolute Gasteiger partial charge is 0.493 e. The SMILES string of the molecule is COc1cc(/C=N\NC(=O)c2ccccc2[N+](=O)[O-])cc(Br)c1OCc1ccc([N+](=O)[O-])cc1. The maximum absolute atomic E-state index is 12.3. The van der Waals surface area contributed by atoms with Gasteiger partial charge in [-0.3, -0.25) is 25.0 Å². The van der Waals surface area contributed by atoms with Gasteiger partial charge in [0.2, 0.25) is 0 Å². The molecular formula is C22H17BrN4O7. The number of rotatable bonds is 9. The molecular weight excluding hydrogens is 512 g/mol. The van der Waals surface area contributed by atoms with Crippen LogP contribution in [0.3, 0.4) is 0 Å². The van der Waals surface area contributed by atoms with Gasteiger partial charge in [-0.1, -0.05) is 12.1 Å². The monoisotopic (exact) mass is 528 g/mol. The smallest absolute Gasteiger partial charge is 0.282 e. The molecule has 0 aromatic heterocycles. The van der Waals surface area contributed by atoms with Crippen molar-refractivity contribution in [3.8, 4) is 11.5 Å². The van der Waals surface area contributed by atoms with E-state index in [0.717, 1.165) is 5.56 Å². The summed E-state index contributed by atoms with van der Waals surface area (Å²) >= 11 is 3.41. The number of carbonyl (C=O) groups is 1. The van der Waals surface area contributed by atoms with Crippen molar-refractivity contribution >= 4 is 39.4 Å². The van der Waals surface area contributed by atoms with Crippen LogP contribution in [0.15, 0.2) is 70.2 Å². The molecule has 0 fully saturated rings. The van der Waals surface area contributed by atoms with Crippen molar-refractivity contribution in [3.05, 3.63) is 102 Å². The molecule has 0 bridgehead atoms. The Hall–Kier alpha value is -4.32. The maximum atomic E-state index is 12.3. The summed E-state index contributed by atoms with van der Waals surface area (Å²) in [5.74, 6) is 0.0577. The predicted octanol–water partition coefficient (Wildman–Crippen LogP) is 4.62. The van der Waals surface area contributed by atoms with Crippen molar-refractivity contribution in [2.45, 2.75) is 6.61 Å². The summed E-state index contributed by atoms with van der Waals surface area (Å²) in [5.41, 5.74) is 3.09. The van der Waals surface area contributed by atoms with E-state index in [2.05, 4.69) is 26.5 Å². The lowest BCUT2D eigenvalue weighted by atomic mass is 10.2. The first-order valence-corrected chi connectivity index (χ1v) is 10.4. The molecule has 3 aromatic rings. The molecule has 0 aliphatic carbocycles. The van der Waals surface area contributed by atoms with Gasteiger partial charge in [0.25, 0.3) is 17.3 Å². The summed E-state index contributed by atoms with van der Waals surface area (Å²) in [4.78, 5) is 33.0. The highest BCUT2D eigenvalue weighted by Gasteiger charge is 2.18. The molecule has 11 nitrogen and oxygen atoms in total. The minimum Gasteiger partial charge on any atom is -0.493 e. The van der Waals surface area contributed by atoms with E-state index in [4.69, 9.17) is 9.47 Å². The van der Waals surface area contributed by atoms with Crippen molar-refractivity contribution in [3.63, 3.8) is 0 Å². The van der Waals surface area contributed by atoms with Crippen LogP contribution in [0.2, 0.25) is 0 Å². The van der Waals surface area contributed by atoms with E-state index in [1.54, 1.807) is 24.3 Å². The Bertz CT molecular complexity index is 1260. The van der Waals surface area contributed by atoms with E-state index in [0.29, 0.717) is 21.5 Å².